The summed E-state index contributed by atoms with van der Waals surface area (Å²) in [6.45, 7) is 4.35. The van der Waals surface area contributed by atoms with Gasteiger partial charge >= 0.3 is 0 Å². The highest BCUT2D eigenvalue weighted by atomic mass is 35.5. The van der Waals surface area contributed by atoms with E-state index in [0.29, 0.717) is 10.9 Å². The van der Waals surface area contributed by atoms with E-state index >= 15 is 0 Å². The second kappa shape index (κ2) is 4.58. The van der Waals surface area contributed by atoms with Gasteiger partial charge in [-0.2, -0.15) is 0 Å². The fourth-order valence-corrected chi connectivity index (χ4v) is 2.36. The van der Waals surface area contributed by atoms with E-state index in [1.165, 1.54) is 6.42 Å². The second-order valence-electron chi connectivity index (χ2n) is 4.12. The molecule has 1 unspecified atom stereocenters. The zero-order valence-corrected chi connectivity index (χ0v) is 10.2. The highest BCUT2D eigenvalue weighted by molar-refractivity contribution is 6.33. The Balaban J connectivity index is 2.21. The molecular formula is C11H14Cl2N2. The van der Waals surface area contributed by atoms with Gasteiger partial charge in [0.25, 0.3) is 0 Å². The summed E-state index contributed by atoms with van der Waals surface area (Å²) in [6, 6.07) is 1.90. The Labute approximate surface area is 100 Å². The molecule has 82 valence electrons. The Morgan fingerprint density at radius 3 is 2.93 bits per heavy atom. The molecule has 1 saturated heterocycles. The van der Waals surface area contributed by atoms with Crippen LogP contribution in [0.2, 0.25) is 5.02 Å². The number of halogens is 2. The van der Waals surface area contributed by atoms with E-state index in [1.807, 2.05) is 6.07 Å². The average molecular weight is 245 g/mol. The third-order valence-electron chi connectivity index (χ3n) is 2.76. The maximum atomic E-state index is 6.17. The molecule has 2 heterocycles. The van der Waals surface area contributed by atoms with Gasteiger partial charge in [0.15, 0.2) is 0 Å². The minimum atomic E-state index is 0.462. The summed E-state index contributed by atoms with van der Waals surface area (Å²) < 4.78 is 0. The highest BCUT2D eigenvalue weighted by Gasteiger charge is 2.21. The third-order valence-corrected chi connectivity index (χ3v) is 3.34. The number of aromatic nitrogens is 1. The van der Waals surface area contributed by atoms with Gasteiger partial charge in [-0.3, -0.25) is 0 Å². The van der Waals surface area contributed by atoms with E-state index < -0.39 is 0 Å². The third kappa shape index (κ3) is 2.37. The molecule has 0 spiro atoms. The smallest absolute Gasteiger partial charge is 0.147 e. The molecular weight excluding hydrogens is 231 g/mol. The minimum Gasteiger partial charge on any atom is -0.355 e. The largest absolute Gasteiger partial charge is 0.355 e. The first-order chi connectivity index (χ1) is 7.20. The summed E-state index contributed by atoms with van der Waals surface area (Å²) in [5.41, 5.74) is 0.970. The first-order valence-corrected chi connectivity index (χ1v) is 6.07. The van der Waals surface area contributed by atoms with Crippen molar-refractivity contribution >= 4 is 29.0 Å². The van der Waals surface area contributed by atoms with Crippen molar-refractivity contribution in [1.29, 1.82) is 0 Å². The zero-order chi connectivity index (χ0) is 10.8. The predicted molar refractivity (Wildman–Crippen MR) is 64.8 cm³/mol. The number of pyridine rings is 1. The van der Waals surface area contributed by atoms with Crippen molar-refractivity contribution in [2.24, 2.45) is 5.92 Å². The summed E-state index contributed by atoms with van der Waals surface area (Å²) in [6.07, 6.45) is 3.02. The average Bonchev–Trinajstić information content (AvgIpc) is 2.64. The lowest BCUT2D eigenvalue weighted by Gasteiger charge is -2.18. The van der Waals surface area contributed by atoms with Crippen molar-refractivity contribution in [3.05, 3.63) is 22.8 Å². The van der Waals surface area contributed by atoms with Crippen LogP contribution in [0, 0.1) is 5.92 Å². The molecule has 0 aromatic carbocycles. The van der Waals surface area contributed by atoms with Crippen molar-refractivity contribution < 1.29 is 0 Å². The van der Waals surface area contributed by atoms with Crippen molar-refractivity contribution in [3.8, 4) is 0 Å². The van der Waals surface area contributed by atoms with Gasteiger partial charge < -0.3 is 4.90 Å². The second-order valence-corrected chi connectivity index (χ2v) is 4.80. The van der Waals surface area contributed by atoms with Crippen molar-refractivity contribution in [3.63, 3.8) is 0 Å². The molecule has 15 heavy (non-hydrogen) atoms. The molecule has 2 nitrogen and oxygen atoms in total. The van der Waals surface area contributed by atoms with Crippen LogP contribution in [0.5, 0.6) is 0 Å². The van der Waals surface area contributed by atoms with Crippen LogP contribution in [0.4, 0.5) is 5.82 Å². The van der Waals surface area contributed by atoms with Crippen LogP contribution in [0.3, 0.4) is 0 Å². The summed E-state index contributed by atoms with van der Waals surface area (Å²) in [5, 5.41) is 0.710. The molecule has 0 N–H and O–H groups in total. The molecule has 2 rings (SSSR count). The van der Waals surface area contributed by atoms with Crippen molar-refractivity contribution in [2.45, 2.75) is 19.2 Å². The Kier molecular flexibility index (Phi) is 3.37. The van der Waals surface area contributed by atoms with Gasteiger partial charge in [0.05, 0.1) is 5.02 Å². The van der Waals surface area contributed by atoms with Crippen LogP contribution < -0.4 is 4.90 Å². The van der Waals surface area contributed by atoms with Crippen LogP contribution in [0.15, 0.2) is 12.3 Å². The van der Waals surface area contributed by atoms with Gasteiger partial charge in [0, 0.05) is 25.2 Å². The van der Waals surface area contributed by atoms with E-state index in [9.17, 15) is 0 Å². The van der Waals surface area contributed by atoms with E-state index in [-0.39, 0.29) is 0 Å². The Hall–Kier alpha value is -0.470. The van der Waals surface area contributed by atoms with Crippen molar-refractivity contribution in [1.82, 2.24) is 4.98 Å². The molecule has 1 aromatic rings. The van der Waals surface area contributed by atoms with E-state index in [1.54, 1.807) is 6.20 Å². The molecule has 1 aliphatic rings. The fourth-order valence-electron chi connectivity index (χ4n) is 1.90. The predicted octanol–water partition coefficient (Wildman–Crippen LogP) is 3.32. The zero-order valence-electron chi connectivity index (χ0n) is 8.71. The number of alkyl halides is 1. The first-order valence-electron chi connectivity index (χ1n) is 5.16. The quantitative estimate of drug-likeness (QED) is 0.743. The highest BCUT2D eigenvalue weighted by Crippen LogP contribution is 2.29. The number of nitrogens with zero attached hydrogens (tertiary/aromatic N) is 2. The van der Waals surface area contributed by atoms with E-state index in [0.717, 1.165) is 30.4 Å². The van der Waals surface area contributed by atoms with Gasteiger partial charge in [-0.25, -0.2) is 4.98 Å². The van der Waals surface area contributed by atoms with Crippen LogP contribution >= 0.6 is 23.2 Å². The van der Waals surface area contributed by atoms with Crippen LogP contribution in [0.25, 0.3) is 0 Å². The number of anilines is 1. The number of rotatable bonds is 2. The van der Waals surface area contributed by atoms with Crippen LogP contribution in [0.1, 0.15) is 18.9 Å². The molecule has 4 heteroatoms. The van der Waals surface area contributed by atoms with Gasteiger partial charge in [-0.15, -0.1) is 11.6 Å². The number of hydrogen-bond acceptors (Lipinski definition) is 2. The van der Waals surface area contributed by atoms with Gasteiger partial charge in [-0.1, -0.05) is 18.5 Å². The Morgan fingerprint density at radius 2 is 2.40 bits per heavy atom. The molecule has 1 fully saturated rings. The summed E-state index contributed by atoms with van der Waals surface area (Å²) in [5.74, 6) is 2.09. The summed E-state index contributed by atoms with van der Waals surface area (Å²) in [4.78, 5) is 6.62. The summed E-state index contributed by atoms with van der Waals surface area (Å²) >= 11 is 11.9. The number of hydrogen-bond donors (Lipinski definition) is 0. The van der Waals surface area contributed by atoms with Crippen LogP contribution in [-0.4, -0.2) is 18.1 Å². The Morgan fingerprint density at radius 1 is 1.60 bits per heavy atom. The fraction of sp³-hybridized carbons (Fsp3) is 0.545. The van der Waals surface area contributed by atoms with Gasteiger partial charge in [0.1, 0.15) is 5.82 Å². The molecule has 1 aromatic heterocycles. The monoisotopic (exact) mass is 244 g/mol. The SMILES string of the molecule is CC1CCN(c2ncc(CCl)cc2Cl)C1. The van der Waals surface area contributed by atoms with Gasteiger partial charge in [-0.05, 0) is 24.0 Å². The topological polar surface area (TPSA) is 16.1 Å². The standard InChI is InChI=1S/C11H14Cl2N2/c1-8-2-3-15(7-8)11-10(13)4-9(5-12)6-14-11/h4,6,8H,2-3,5,7H2,1H3. The van der Waals surface area contributed by atoms with E-state index in [4.69, 9.17) is 23.2 Å². The molecule has 0 amide bonds. The molecule has 0 bridgehead atoms. The summed E-state index contributed by atoms with van der Waals surface area (Å²) in [7, 11) is 0. The maximum absolute atomic E-state index is 6.17. The van der Waals surface area contributed by atoms with E-state index in [2.05, 4.69) is 16.8 Å². The Bertz CT molecular complexity index is 354. The minimum absolute atomic E-state index is 0.462. The molecule has 1 aliphatic heterocycles. The maximum Gasteiger partial charge on any atom is 0.147 e. The lowest BCUT2D eigenvalue weighted by atomic mass is 10.2. The first kappa shape index (κ1) is 11.0. The molecule has 0 radical (unpaired) electrons. The van der Waals surface area contributed by atoms with Crippen LogP contribution in [-0.2, 0) is 5.88 Å². The normalized spacial score (nSPS) is 21.0. The molecule has 1 atom stereocenters. The van der Waals surface area contributed by atoms with Gasteiger partial charge in [0.2, 0.25) is 0 Å². The lowest BCUT2D eigenvalue weighted by Crippen LogP contribution is -2.20. The molecule has 0 saturated carbocycles. The van der Waals surface area contributed by atoms with Crippen molar-refractivity contribution in [2.75, 3.05) is 18.0 Å². The lowest BCUT2D eigenvalue weighted by molar-refractivity contribution is 0.659. The molecule has 0 aliphatic carbocycles.